The Hall–Kier alpha value is -2.87. The first-order valence-corrected chi connectivity index (χ1v) is 9.78. The van der Waals surface area contributed by atoms with E-state index in [1.54, 1.807) is 20.3 Å². The van der Waals surface area contributed by atoms with Crippen molar-refractivity contribution in [3.05, 3.63) is 47.5 Å². The highest BCUT2D eigenvalue weighted by Gasteiger charge is 2.31. The van der Waals surface area contributed by atoms with Crippen molar-refractivity contribution in [1.82, 2.24) is 5.01 Å². The van der Waals surface area contributed by atoms with Crippen LogP contribution in [0.5, 0.6) is 11.5 Å². The minimum atomic E-state index is -0.113. The molecule has 1 heterocycles. The number of nitrogens with zero attached hydrogens (tertiary/aromatic N) is 2. The summed E-state index contributed by atoms with van der Waals surface area (Å²) in [7, 11) is 3.19. The minimum Gasteiger partial charge on any atom is -0.493 e. The van der Waals surface area contributed by atoms with E-state index >= 15 is 0 Å². The Kier molecular flexibility index (Phi) is 5.99. The summed E-state index contributed by atoms with van der Waals surface area (Å²) in [5.41, 5.74) is 15.4. The largest absolute Gasteiger partial charge is 0.493 e. The van der Waals surface area contributed by atoms with Crippen molar-refractivity contribution in [2.45, 2.75) is 25.1 Å². The molecular weight excluding hydrogens is 376 g/mol. The third-order valence-corrected chi connectivity index (χ3v) is 5.84. The Morgan fingerprint density at radius 1 is 1.14 bits per heavy atom. The van der Waals surface area contributed by atoms with E-state index in [0.29, 0.717) is 22.9 Å². The molecule has 0 aliphatic carbocycles. The first kappa shape index (κ1) is 19.9. The molecule has 28 heavy (non-hydrogen) atoms. The number of rotatable bonds is 6. The molecule has 1 aliphatic heterocycles. The summed E-state index contributed by atoms with van der Waals surface area (Å²) in [5.74, 6) is 1.26. The molecule has 1 amide bonds. The highest BCUT2D eigenvalue weighted by Crippen LogP contribution is 2.34. The fraction of sp³-hybridized carbons (Fsp3) is 0.300. The highest BCUT2D eigenvalue weighted by atomic mass is 32.2. The van der Waals surface area contributed by atoms with Gasteiger partial charge in [0.15, 0.2) is 11.5 Å². The van der Waals surface area contributed by atoms with E-state index in [9.17, 15) is 4.79 Å². The first-order valence-electron chi connectivity index (χ1n) is 8.90. The highest BCUT2D eigenvalue weighted by molar-refractivity contribution is 8.14. The van der Waals surface area contributed by atoms with E-state index in [1.807, 2.05) is 37.3 Å². The number of methoxy groups -OCH3 is 2. The SMILES string of the molecule is CCC1SC(=O)N(Cc2cccc(N)c2N)N=C1c1ccc(OC)c(OC)c1. The maximum atomic E-state index is 12.6. The summed E-state index contributed by atoms with van der Waals surface area (Å²) < 4.78 is 10.7. The van der Waals surface area contributed by atoms with Gasteiger partial charge in [0.05, 0.1) is 43.1 Å². The lowest BCUT2D eigenvalue weighted by atomic mass is 10.0. The summed E-state index contributed by atoms with van der Waals surface area (Å²) in [4.78, 5) is 12.6. The molecule has 0 aromatic heterocycles. The Labute approximate surface area is 168 Å². The fourth-order valence-electron chi connectivity index (χ4n) is 3.02. The molecule has 2 aromatic rings. The topological polar surface area (TPSA) is 103 Å². The predicted octanol–water partition coefficient (Wildman–Crippen LogP) is 3.72. The number of benzene rings is 2. The number of carbonyl (C=O) groups is 1. The Bertz CT molecular complexity index is 916. The van der Waals surface area contributed by atoms with Gasteiger partial charge >= 0.3 is 5.24 Å². The average molecular weight is 401 g/mol. The number of hydrogen-bond acceptors (Lipinski definition) is 7. The summed E-state index contributed by atoms with van der Waals surface area (Å²) in [6.07, 6.45) is 0.776. The van der Waals surface area contributed by atoms with Crippen LogP contribution < -0.4 is 20.9 Å². The summed E-state index contributed by atoms with van der Waals surface area (Å²) in [6.45, 7) is 2.29. The number of anilines is 2. The van der Waals surface area contributed by atoms with Gasteiger partial charge in [-0.15, -0.1) is 0 Å². The molecule has 8 heteroatoms. The van der Waals surface area contributed by atoms with Crippen molar-refractivity contribution in [2.75, 3.05) is 25.7 Å². The Morgan fingerprint density at radius 3 is 2.57 bits per heavy atom. The number of nitrogens with two attached hydrogens (primary N) is 2. The van der Waals surface area contributed by atoms with Crippen LogP contribution in [0.2, 0.25) is 0 Å². The van der Waals surface area contributed by atoms with E-state index in [0.717, 1.165) is 23.3 Å². The number of ether oxygens (including phenoxy) is 2. The molecule has 0 saturated carbocycles. The van der Waals surface area contributed by atoms with Gasteiger partial charge in [0, 0.05) is 5.56 Å². The maximum Gasteiger partial charge on any atom is 0.302 e. The number of hydrazone groups is 1. The van der Waals surface area contributed by atoms with E-state index in [1.165, 1.54) is 16.8 Å². The van der Waals surface area contributed by atoms with Crippen LogP contribution in [0.25, 0.3) is 0 Å². The molecular formula is C20H24N4O3S. The van der Waals surface area contributed by atoms with E-state index in [-0.39, 0.29) is 17.0 Å². The lowest BCUT2D eigenvalue weighted by molar-refractivity contribution is 0.222. The standard InChI is InChI=1S/C20H24N4O3S/c1-4-17-19(12-8-9-15(26-2)16(10-12)27-3)23-24(20(25)28-17)11-13-6-5-7-14(21)18(13)22/h5-10,17H,4,11,21-22H2,1-3H3. The smallest absolute Gasteiger partial charge is 0.302 e. The summed E-state index contributed by atoms with van der Waals surface area (Å²) in [6, 6.07) is 11.0. The van der Waals surface area contributed by atoms with Crippen molar-refractivity contribution in [3.8, 4) is 11.5 Å². The average Bonchev–Trinajstić information content (AvgIpc) is 2.71. The third kappa shape index (κ3) is 3.87. The molecule has 0 fully saturated rings. The summed E-state index contributed by atoms with van der Waals surface area (Å²) in [5, 5.41) is 5.95. The van der Waals surface area contributed by atoms with Crippen LogP contribution in [0.3, 0.4) is 0 Å². The second kappa shape index (κ2) is 8.43. The first-order chi connectivity index (χ1) is 13.5. The second-order valence-corrected chi connectivity index (χ2v) is 7.47. The molecule has 1 atom stereocenters. The van der Waals surface area contributed by atoms with Crippen molar-refractivity contribution in [1.29, 1.82) is 0 Å². The van der Waals surface area contributed by atoms with Crippen LogP contribution in [0.4, 0.5) is 16.2 Å². The molecule has 0 bridgehead atoms. The molecule has 0 saturated heterocycles. The molecule has 0 spiro atoms. The lowest BCUT2D eigenvalue weighted by Gasteiger charge is -2.29. The molecule has 148 valence electrons. The normalized spacial score (nSPS) is 16.7. The van der Waals surface area contributed by atoms with Gasteiger partial charge < -0.3 is 20.9 Å². The van der Waals surface area contributed by atoms with Crippen molar-refractivity contribution < 1.29 is 14.3 Å². The van der Waals surface area contributed by atoms with Crippen LogP contribution >= 0.6 is 11.8 Å². The molecule has 3 rings (SSSR count). The monoisotopic (exact) mass is 400 g/mol. The molecule has 1 aliphatic rings. The minimum absolute atomic E-state index is 0.0416. The van der Waals surface area contributed by atoms with Gasteiger partial charge in [-0.05, 0) is 36.2 Å². The third-order valence-electron chi connectivity index (χ3n) is 4.59. The Balaban J connectivity index is 1.99. The number of thioether (sulfide) groups is 1. The van der Waals surface area contributed by atoms with Crippen molar-refractivity contribution >= 4 is 34.1 Å². The molecule has 4 N–H and O–H groups in total. The van der Waals surface area contributed by atoms with E-state index in [4.69, 9.17) is 20.9 Å². The zero-order valence-corrected chi connectivity index (χ0v) is 17.0. The zero-order valence-electron chi connectivity index (χ0n) is 16.1. The van der Waals surface area contributed by atoms with Gasteiger partial charge in [-0.2, -0.15) is 5.10 Å². The number of carbonyl (C=O) groups excluding carboxylic acids is 1. The number of hydrogen-bond donors (Lipinski definition) is 2. The van der Waals surface area contributed by atoms with Crippen molar-refractivity contribution in [3.63, 3.8) is 0 Å². The molecule has 1 unspecified atom stereocenters. The second-order valence-electron chi connectivity index (χ2n) is 6.31. The van der Waals surface area contributed by atoms with Crippen LogP contribution in [-0.4, -0.2) is 35.4 Å². The maximum absolute atomic E-state index is 12.6. The van der Waals surface area contributed by atoms with Crippen LogP contribution in [0, 0.1) is 0 Å². The zero-order chi connectivity index (χ0) is 20.3. The van der Waals surface area contributed by atoms with E-state index in [2.05, 4.69) is 5.10 Å². The molecule has 7 nitrogen and oxygen atoms in total. The van der Waals surface area contributed by atoms with Gasteiger partial charge in [-0.25, -0.2) is 5.01 Å². The van der Waals surface area contributed by atoms with Crippen LogP contribution in [0.1, 0.15) is 24.5 Å². The summed E-state index contributed by atoms with van der Waals surface area (Å²) >= 11 is 1.26. The number of amides is 1. The van der Waals surface area contributed by atoms with Gasteiger partial charge in [0.2, 0.25) is 0 Å². The van der Waals surface area contributed by atoms with Gasteiger partial charge in [-0.1, -0.05) is 30.8 Å². The lowest BCUT2D eigenvalue weighted by Crippen LogP contribution is -2.35. The number of para-hydroxylation sites is 1. The predicted molar refractivity (Wildman–Crippen MR) is 114 cm³/mol. The van der Waals surface area contributed by atoms with E-state index < -0.39 is 0 Å². The van der Waals surface area contributed by atoms with Crippen LogP contribution in [-0.2, 0) is 6.54 Å². The fourth-order valence-corrected chi connectivity index (χ4v) is 3.95. The molecule has 2 aromatic carbocycles. The van der Waals surface area contributed by atoms with Gasteiger partial charge in [-0.3, -0.25) is 4.79 Å². The van der Waals surface area contributed by atoms with Crippen LogP contribution in [0.15, 0.2) is 41.5 Å². The van der Waals surface area contributed by atoms with Gasteiger partial charge in [0.1, 0.15) is 0 Å². The quantitative estimate of drug-likeness (QED) is 0.716. The molecule has 0 radical (unpaired) electrons. The van der Waals surface area contributed by atoms with Gasteiger partial charge in [0.25, 0.3) is 0 Å². The Morgan fingerprint density at radius 2 is 1.89 bits per heavy atom. The number of nitrogen functional groups attached to an aromatic ring is 2. The van der Waals surface area contributed by atoms with Crippen molar-refractivity contribution in [2.24, 2.45) is 5.10 Å².